The molecule has 0 aromatic rings. The van der Waals surface area contributed by atoms with E-state index < -0.39 is 0 Å². The molecule has 32 valence electrons. The lowest BCUT2D eigenvalue weighted by atomic mass is 10.6. The third-order valence-electron chi connectivity index (χ3n) is 0.325. The van der Waals surface area contributed by atoms with E-state index in [2.05, 4.69) is 11.9 Å². The topological polar surface area (TPSA) is 35.8 Å². The molecule has 0 spiro atoms. The largest absolute Gasteiger partial charge is 0.320 e. The van der Waals surface area contributed by atoms with Crippen LogP contribution in [-0.4, -0.2) is 6.54 Å². The highest BCUT2D eigenvalue weighted by molar-refractivity contribution is 4.75. The molecule has 2 nitrogen and oxygen atoms in total. The van der Waals surface area contributed by atoms with Gasteiger partial charge in [0.05, 0.1) is 0 Å². The maximum atomic E-state index is 7.79. The van der Waals surface area contributed by atoms with Crippen molar-refractivity contribution in [3.05, 3.63) is 12.7 Å². The fraction of sp³-hybridized carbons (Fsp3) is 0.250. The Morgan fingerprint density at radius 2 is 2.67 bits per heavy atom. The van der Waals surface area contributed by atoms with Gasteiger partial charge in [-0.05, 0) is 0 Å². The van der Waals surface area contributed by atoms with Crippen molar-refractivity contribution in [3.8, 4) is 6.19 Å². The molecule has 0 bridgehead atoms. The van der Waals surface area contributed by atoms with Gasteiger partial charge in [-0.2, -0.15) is 5.26 Å². The molecule has 0 aromatic carbocycles. The Bertz CT molecular complexity index is 70.1. The van der Waals surface area contributed by atoms with E-state index in [1.54, 1.807) is 12.3 Å². The van der Waals surface area contributed by atoms with Crippen molar-refractivity contribution in [2.24, 2.45) is 0 Å². The van der Waals surface area contributed by atoms with Crippen LogP contribution in [0.25, 0.3) is 0 Å². The van der Waals surface area contributed by atoms with Gasteiger partial charge >= 0.3 is 0 Å². The van der Waals surface area contributed by atoms with Gasteiger partial charge in [-0.15, -0.1) is 6.58 Å². The van der Waals surface area contributed by atoms with E-state index in [-0.39, 0.29) is 0 Å². The summed E-state index contributed by atoms with van der Waals surface area (Å²) < 4.78 is 0. The zero-order valence-electron chi connectivity index (χ0n) is 3.44. The van der Waals surface area contributed by atoms with Gasteiger partial charge in [0, 0.05) is 6.54 Å². The van der Waals surface area contributed by atoms with Crippen molar-refractivity contribution in [2.45, 2.75) is 0 Å². The van der Waals surface area contributed by atoms with Gasteiger partial charge in [0.25, 0.3) is 0 Å². The molecule has 0 aliphatic carbocycles. The van der Waals surface area contributed by atoms with Gasteiger partial charge in [0.15, 0.2) is 6.19 Å². The minimum Gasteiger partial charge on any atom is -0.320 e. The number of nitrogens with zero attached hydrogens (tertiary/aromatic N) is 1. The number of rotatable bonds is 2. The first-order valence-corrected chi connectivity index (χ1v) is 1.64. The third kappa shape index (κ3) is 3.03. The molecular formula is C4H6N2. The first kappa shape index (κ1) is 5.03. The Labute approximate surface area is 37.1 Å². The van der Waals surface area contributed by atoms with E-state index in [4.69, 9.17) is 5.26 Å². The predicted octanol–water partition coefficient (Wildman–Crippen LogP) is 0.243. The molecule has 0 aliphatic heterocycles. The minimum absolute atomic E-state index is 0.566. The Morgan fingerprint density at radius 3 is 2.83 bits per heavy atom. The van der Waals surface area contributed by atoms with Gasteiger partial charge in [-0.25, -0.2) is 0 Å². The van der Waals surface area contributed by atoms with Crippen LogP contribution in [0.2, 0.25) is 0 Å². The molecule has 0 fully saturated rings. The molecule has 0 unspecified atom stereocenters. The van der Waals surface area contributed by atoms with Crippen molar-refractivity contribution in [2.75, 3.05) is 6.54 Å². The van der Waals surface area contributed by atoms with Crippen LogP contribution in [0.1, 0.15) is 0 Å². The van der Waals surface area contributed by atoms with Crippen LogP contribution in [0, 0.1) is 11.5 Å². The normalized spacial score (nSPS) is 5.83. The maximum Gasteiger partial charge on any atom is 0.176 e. The smallest absolute Gasteiger partial charge is 0.176 e. The number of hydrogen-bond donors (Lipinski definition) is 1. The summed E-state index contributed by atoms with van der Waals surface area (Å²) in [5.74, 6) is 0. The summed E-state index contributed by atoms with van der Waals surface area (Å²) in [6.07, 6.45) is 3.38. The van der Waals surface area contributed by atoms with Gasteiger partial charge in [0.2, 0.25) is 0 Å². The van der Waals surface area contributed by atoms with Crippen LogP contribution >= 0.6 is 0 Å². The Kier molecular flexibility index (Phi) is 3.38. The van der Waals surface area contributed by atoms with Crippen molar-refractivity contribution < 1.29 is 0 Å². The second-order valence-corrected chi connectivity index (χ2v) is 0.781. The number of nitriles is 1. The van der Waals surface area contributed by atoms with Crippen molar-refractivity contribution in [1.29, 1.82) is 5.26 Å². The Balaban J connectivity index is 2.72. The van der Waals surface area contributed by atoms with Crippen LogP contribution in [0.5, 0.6) is 0 Å². The van der Waals surface area contributed by atoms with E-state index in [9.17, 15) is 0 Å². The highest BCUT2D eigenvalue weighted by atomic mass is 14.8. The minimum atomic E-state index is 0.566. The summed E-state index contributed by atoms with van der Waals surface area (Å²) >= 11 is 0. The summed E-state index contributed by atoms with van der Waals surface area (Å²) in [5, 5.41) is 10.2. The fourth-order valence-electron chi connectivity index (χ4n) is 0.118. The van der Waals surface area contributed by atoms with Crippen molar-refractivity contribution >= 4 is 0 Å². The van der Waals surface area contributed by atoms with Crippen LogP contribution in [0.4, 0.5) is 0 Å². The second kappa shape index (κ2) is 4.03. The van der Waals surface area contributed by atoms with Gasteiger partial charge in [-0.3, -0.25) is 0 Å². The van der Waals surface area contributed by atoms with Gasteiger partial charge in [0.1, 0.15) is 0 Å². The average molecular weight is 82.1 g/mol. The van der Waals surface area contributed by atoms with Crippen LogP contribution in [0.3, 0.4) is 0 Å². The second-order valence-electron chi connectivity index (χ2n) is 0.781. The molecule has 1 N–H and O–H groups in total. The molecule has 0 saturated carbocycles. The summed E-state index contributed by atoms with van der Waals surface area (Å²) in [4.78, 5) is 0. The molecule has 0 atom stereocenters. The lowest BCUT2D eigenvalue weighted by Crippen LogP contribution is -2.02. The zero-order chi connectivity index (χ0) is 4.83. The van der Waals surface area contributed by atoms with Crippen molar-refractivity contribution in [1.82, 2.24) is 5.32 Å². The first-order chi connectivity index (χ1) is 2.91. The molecule has 0 radical (unpaired) electrons. The maximum absolute atomic E-state index is 7.79. The van der Waals surface area contributed by atoms with Crippen LogP contribution in [0.15, 0.2) is 12.7 Å². The highest BCUT2D eigenvalue weighted by Crippen LogP contribution is 1.51. The third-order valence-corrected chi connectivity index (χ3v) is 0.325. The quantitative estimate of drug-likeness (QED) is 0.224. The molecule has 2 heteroatoms. The SMILES string of the molecule is C=CCNC#N. The summed E-state index contributed by atoms with van der Waals surface area (Å²) in [6, 6.07) is 0. The van der Waals surface area contributed by atoms with E-state index in [0.29, 0.717) is 6.54 Å². The molecule has 0 saturated heterocycles. The monoisotopic (exact) mass is 82.1 g/mol. The lowest BCUT2D eigenvalue weighted by Gasteiger charge is -1.78. The molecule has 0 rings (SSSR count). The number of hydrogen-bond acceptors (Lipinski definition) is 2. The lowest BCUT2D eigenvalue weighted by molar-refractivity contribution is 1.00. The fourth-order valence-corrected chi connectivity index (χ4v) is 0.118. The zero-order valence-corrected chi connectivity index (χ0v) is 3.44. The van der Waals surface area contributed by atoms with E-state index in [1.165, 1.54) is 0 Å². The van der Waals surface area contributed by atoms with Crippen molar-refractivity contribution in [3.63, 3.8) is 0 Å². The van der Waals surface area contributed by atoms with Crippen LogP contribution < -0.4 is 5.32 Å². The van der Waals surface area contributed by atoms with Crippen LogP contribution in [-0.2, 0) is 0 Å². The number of nitrogens with one attached hydrogen (secondary N) is 1. The molecule has 0 aliphatic rings. The summed E-state index contributed by atoms with van der Waals surface area (Å²) in [5.41, 5.74) is 0. The molecule has 0 amide bonds. The average Bonchev–Trinajstić information content (AvgIpc) is 1.61. The van der Waals surface area contributed by atoms with E-state index in [1.807, 2.05) is 0 Å². The Hall–Kier alpha value is -0.970. The first-order valence-electron chi connectivity index (χ1n) is 1.64. The molecule has 0 aromatic heterocycles. The molecule has 0 heterocycles. The highest BCUT2D eigenvalue weighted by Gasteiger charge is 1.63. The predicted molar refractivity (Wildman–Crippen MR) is 23.8 cm³/mol. The van der Waals surface area contributed by atoms with E-state index >= 15 is 0 Å². The summed E-state index contributed by atoms with van der Waals surface area (Å²) in [6.45, 7) is 3.95. The van der Waals surface area contributed by atoms with Gasteiger partial charge in [-0.1, -0.05) is 6.08 Å². The molecular weight excluding hydrogens is 76.1 g/mol. The van der Waals surface area contributed by atoms with Gasteiger partial charge < -0.3 is 5.32 Å². The standard InChI is InChI=1S/C4H6N2/c1-2-3-6-4-5/h2,6H,1,3H2. The van der Waals surface area contributed by atoms with E-state index in [0.717, 1.165) is 0 Å². The summed E-state index contributed by atoms with van der Waals surface area (Å²) in [7, 11) is 0. The Morgan fingerprint density at radius 1 is 2.00 bits per heavy atom. The molecule has 6 heavy (non-hydrogen) atoms.